The number of fused-ring (bicyclic) bond motifs is 1. The van der Waals surface area contributed by atoms with E-state index < -0.39 is 62.7 Å². The zero-order valence-electron chi connectivity index (χ0n) is 15.8. The molecule has 2 aromatic rings. The highest BCUT2D eigenvalue weighted by molar-refractivity contribution is 8.45. The Labute approximate surface area is 172 Å². The second-order valence-corrected chi connectivity index (χ2v) is 9.36. The molecule has 6 nitrogen and oxygen atoms in total. The Morgan fingerprint density at radius 2 is 1.90 bits per heavy atom. The highest BCUT2D eigenvalue weighted by atomic mass is 32.5. The van der Waals surface area contributed by atoms with Crippen LogP contribution >= 0.6 is 10.2 Å². The van der Waals surface area contributed by atoms with Gasteiger partial charge in [-0.25, -0.2) is 9.18 Å². The van der Waals surface area contributed by atoms with Crippen molar-refractivity contribution in [3.8, 4) is 5.75 Å². The molecule has 0 heterocycles. The lowest BCUT2D eigenvalue weighted by atomic mass is 10.1. The van der Waals surface area contributed by atoms with Crippen LogP contribution in [0.1, 0.15) is 22.8 Å². The Morgan fingerprint density at radius 1 is 1.23 bits per heavy atom. The fourth-order valence-electron chi connectivity index (χ4n) is 3.41. The van der Waals surface area contributed by atoms with Crippen molar-refractivity contribution in [1.82, 2.24) is 5.32 Å². The van der Waals surface area contributed by atoms with E-state index in [1.54, 1.807) is 0 Å². The summed E-state index contributed by atoms with van der Waals surface area (Å²) >= 11 is 0. The Morgan fingerprint density at radius 3 is 2.45 bits per heavy atom. The van der Waals surface area contributed by atoms with E-state index in [9.17, 15) is 38.8 Å². The lowest BCUT2D eigenvalue weighted by molar-refractivity contribution is 0.145. The minimum absolute atomic E-state index is 0.00137. The van der Waals surface area contributed by atoms with Gasteiger partial charge in [0.25, 0.3) is 0 Å². The molecular weight excluding hydrogens is 454 g/mol. The molecule has 3 rings (SSSR count). The largest absolute Gasteiger partial charge is 0.494 e. The van der Waals surface area contributed by atoms with Crippen molar-refractivity contribution in [2.45, 2.75) is 30.1 Å². The molecule has 31 heavy (non-hydrogen) atoms. The Bertz CT molecular complexity index is 1050. The van der Waals surface area contributed by atoms with Gasteiger partial charge in [-0.15, -0.1) is 0 Å². The molecule has 0 unspecified atom stereocenters. The van der Waals surface area contributed by atoms with Crippen LogP contribution < -0.4 is 15.4 Å². The van der Waals surface area contributed by atoms with Gasteiger partial charge in [-0.05, 0) is 35.7 Å². The van der Waals surface area contributed by atoms with Crippen molar-refractivity contribution in [2.75, 3.05) is 12.4 Å². The van der Waals surface area contributed by atoms with E-state index in [-0.39, 0.29) is 29.7 Å². The molecule has 0 saturated heterocycles. The smallest absolute Gasteiger partial charge is 0.319 e. The predicted octanol–water partition coefficient (Wildman–Crippen LogP) is 4.76. The van der Waals surface area contributed by atoms with Gasteiger partial charge in [0.2, 0.25) is 0 Å². The monoisotopic (exact) mass is 472 g/mol. The molecule has 172 valence electrons. The normalized spacial score (nSPS) is 20.4. The second-order valence-electron chi connectivity index (χ2n) is 6.95. The van der Waals surface area contributed by atoms with Crippen molar-refractivity contribution >= 4 is 21.9 Å². The molecule has 0 saturated carbocycles. The summed E-state index contributed by atoms with van der Waals surface area (Å²) in [6, 6.07) is 1.86. The summed E-state index contributed by atoms with van der Waals surface area (Å²) in [5, 5.41) is 23.8. The SMILES string of the molecule is COc1c(CO)cc(S(F)(F)(F)(F)F)cc1NC(=O)N[C@@H]1Cc2c(F)cccc2[C@@H]1O. The Balaban J connectivity index is 1.89. The first-order valence-electron chi connectivity index (χ1n) is 8.73. The maximum absolute atomic E-state index is 13.9. The number of amides is 2. The van der Waals surface area contributed by atoms with Gasteiger partial charge in [-0.1, -0.05) is 31.6 Å². The van der Waals surface area contributed by atoms with E-state index in [1.165, 1.54) is 18.2 Å². The molecule has 4 N–H and O–H groups in total. The number of hydrogen-bond acceptors (Lipinski definition) is 4. The standard InChI is InChI=1S/C18H18F6N2O4S/c1-30-17-9(8-27)5-10(31(20,21,22,23)24)6-15(17)26-18(29)25-14-7-12-11(16(14)28)3-2-4-13(12)19/h2-6,14,16,27-28H,7-8H2,1H3,(H2,25,26,29)/t14-,16+/m1/s1. The number of nitrogens with one attached hydrogen (secondary N) is 2. The molecule has 2 aromatic carbocycles. The summed E-state index contributed by atoms with van der Waals surface area (Å²) in [6.45, 7) is -1.07. The van der Waals surface area contributed by atoms with Gasteiger partial charge >= 0.3 is 16.3 Å². The summed E-state index contributed by atoms with van der Waals surface area (Å²) in [5.41, 5.74) is -0.985. The zero-order valence-corrected chi connectivity index (χ0v) is 16.7. The molecule has 0 aromatic heterocycles. The number of carbonyl (C=O) groups is 1. The van der Waals surface area contributed by atoms with Crippen molar-refractivity contribution in [3.63, 3.8) is 0 Å². The van der Waals surface area contributed by atoms with Gasteiger partial charge < -0.3 is 25.6 Å². The molecule has 2 atom stereocenters. The van der Waals surface area contributed by atoms with Crippen LogP contribution in [0.2, 0.25) is 0 Å². The fourth-order valence-corrected chi connectivity index (χ4v) is 4.11. The van der Waals surface area contributed by atoms with Crippen LogP contribution in [0.3, 0.4) is 0 Å². The number of methoxy groups -OCH3 is 1. The molecule has 0 bridgehead atoms. The average molecular weight is 472 g/mol. The third kappa shape index (κ3) is 4.67. The third-order valence-corrected chi connectivity index (χ3v) is 5.93. The quantitative estimate of drug-likeness (QED) is 0.472. The zero-order chi connectivity index (χ0) is 23.3. The Kier molecular flexibility index (Phi) is 5.15. The molecule has 0 spiro atoms. The van der Waals surface area contributed by atoms with Gasteiger partial charge in [-0.3, -0.25) is 0 Å². The number of hydrogen-bond donors (Lipinski definition) is 4. The molecule has 13 heteroatoms. The van der Waals surface area contributed by atoms with Crippen molar-refractivity contribution < 1.29 is 43.6 Å². The van der Waals surface area contributed by atoms with Gasteiger partial charge in [-0.2, -0.15) is 0 Å². The van der Waals surface area contributed by atoms with Crippen LogP contribution in [-0.4, -0.2) is 29.4 Å². The molecule has 1 aliphatic carbocycles. The number of urea groups is 1. The van der Waals surface area contributed by atoms with E-state index in [2.05, 4.69) is 5.32 Å². The van der Waals surface area contributed by atoms with E-state index in [1.807, 2.05) is 5.32 Å². The number of anilines is 1. The highest BCUT2D eigenvalue weighted by Crippen LogP contribution is 3.02. The Hall–Kier alpha value is -2.64. The van der Waals surface area contributed by atoms with Crippen molar-refractivity contribution in [1.29, 1.82) is 0 Å². The molecule has 0 radical (unpaired) electrons. The molecule has 0 aliphatic heterocycles. The minimum Gasteiger partial charge on any atom is -0.494 e. The van der Waals surface area contributed by atoms with Crippen LogP contribution in [0.4, 0.5) is 34.3 Å². The van der Waals surface area contributed by atoms with E-state index in [0.717, 1.165) is 7.11 Å². The number of aliphatic hydroxyl groups is 2. The number of benzene rings is 2. The number of halogens is 6. The van der Waals surface area contributed by atoms with Crippen LogP contribution in [0.25, 0.3) is 0 Å². The third-order valence-electron chi connectivity index (χ3n) is 4.80. The van der Waals surface area contributed by atoms with E-state index in [4.69, 9.17) is 4.74 Å². The van der Waals surface area contributed by atoms with Gasteiger partial charge in [0.05, 0.1) is 31.5 Å². The van der Waals surface area contributed by atoms with Crippen LogP contribution in [0.5, 0.6) is 5.75 Å². The van der Waals surface area contributed by atoms with Gasteiger partial charge in [0, 0.05) is 5.56 Å². The minimum atomic E-state index is -10.1. The maximum atomic E-state index is 13.9. The van der Waals surface area contributed by atoms with E-state index in [0.29, 0.717) is 0 Å². The summed E-state index contributed by atoms with van der Waals surface area (Å²) < 4.78 is 85.1. The van der Waals surface area contributed by atoms with Crippen LogP contribution in [0, 0.1) is 5.82 Å². The van der Waals surface area contributed by atoms with Gasteiger partial charge in [0.15, 0.2) is 0 Å². The summed E-state index contributed by atoms with van der Waals surface area (Å²) in [4.78, 5) is 10.0. The van der Waals surface area contributed by atoms with Crippen LogP contribution in [-0.2, 0) is 13.0 Å². The molecular formula is C18H18F6N2O4S. The first kappa shape index (κ1) is 23.0. The molecule has 0 fully saturated rings. The first-order chi connectivity index (χ1) is 14.1. The summed E-state index contributed by atoms with van der Waals surface area (Å²) in [6.07, 6.45) is -1.39. The van der Waals surface area contributed by atoms with Gasteiger partial charge in [0.1, 0.15) is 16.5 Å². The van der Waals surface area contributed by atoms with Crippen molar-refractivity contribution in [2.24, 2.45) is 0 Å². The molecule has 1 aliphatic rings. The second kappa shape index (κ2) is 6.93. The predicted molar refractivity (Wildman–Crippen MR) is 101 cm³/mol. The average Bonchev–Trinajstić information content (AvgIpc) is 2.96. The number of rotatable bonds is 5. The van der Waals surface area contributed by atoms with Crippen molar-refractivity contribution in [3.05, 3.63) is 52.8 Å². The topological polar surface area (TPSA) is 90.8 Å². The summed E-state index contributed by atoms with van der Waals surface area (Å²) in [5.74, 6) is -1.05. The van der Waals surface area contributed by atoms with E-state index >= 15 is 0 Å². The summed E-state index contributed by atoms with van der Waals surface area (Å²) in [7, 11) is -9.13. The number of ether oxygens (including phenoxy) is 1. The lowest BCUT2D eigenvalue weighted by Gasteiger charge is -2.41. The van der Waals surface area contributed by atoms with Crippen LogP contribution in [0.15, 0.2) is 35.2 Å². The highest BCUT2D eigenvalue weighted by Gasteiger charge is 2.65. The number of carbonyl (C=O) groups excluding carboxylic acids is 1. The first-order valence-corrected chi connectivity index (χ1v) is 10.7. The molecule has 2 amide bonds. The maximum Gasteiger partial charge on any atom is 0.319 e. The fraction of sp³-hybridized carbons (Fsp3) is 0.278. The number of aliphatic hydroxyl groups excluding tert-OH is 2. The lowest BCUT2D eigenvalue weighted by Crippen LogP contribution is -2.40.